The second-order valence-corrected chi connectivity index (χ2v) is 7.34. The average Bonchev–Trinajstić information content (AvgIpc) is 3.25. The molecular weight excluding hydrogens is 382 g/mol. The topological polar surface area (TPSA) is 92.4 Å². The smallest absolute Gasteiger partial charge is 0.319 e. The summed E-state index contributed by atoms with van der Waals surface area (Å²) in [5, 5.41) is 10.7. The number of carbonyl (C=O) groups is 2. The number of benzene rings is 1. The Kier molecular flexibility index (Phi) is 6.44. The van der Waals surface area contributed by atoms with E-state index in [0.717, 1.165) is 22.2 Å². The number of aryl methyl sites for hydroxylation is 2. The Morgan fingerprint density at radius 2 is 1.93 bits per heavy atom. The van der Waals surface area contributed by atoms with Crippen LogP contribution < -0.4 is 10.6 Å². The number of rotatable bonds is 7. The lowest BCUT2D eigenvalue weighted by Gasteiger charge is -2.19. The molecule has 0 fully saturated rings. The zero-order chi connectivity index (χ0) is 21.8. The average molecular weight is 412 g/mol. The van der Waals surface area contributed by atoms with E-state index >= 15 is 0 Å². The lowest BCUT2D eigenvalue weighted by molar-refractivity contribution is -0.131. The highest BCUT2D eigenvalue weighted by Gasteiger charge is 2.18. The highest BCUT2D eigenvalue weighted by Crippen LogP contribution is 2.23. The maximum Gasteiger partial charge on any atom is 0.319 e. The first-order chi connectivity index (χ1) is 14.3. The number of nitrogens with one attached hydrogen (secondary N) is 2. The number of anilines is 1. The third kappa shape index (κ3) is 4.48. The molecule has 0 aliphatic rings. The van der Waals surface area contributed by atoms with Crippen LogP contribution in [0.3, 0.4) is 0 Å². The van der Waals surface area contributed by atoms with Gasteiger partial charge < -0.3 is 24.6 Å². The Morgan fingerprint density at radius 3 is 2.57 bits per heavy atom. The van der Waals surface area contributed by atoms with Crippen molar-refractivity contribution in [1.29, 1.82) is 0 Å². The molecule has 8 nitrogen and oxygen atoms in total. The van der Waals surface area contributed by atoms with E-state index in [2.05, 4.69) is 15.8 Å². The van der Waals surface area contributed by atoms with Crippen LogP contribution in [0.1, 0.15) is 43.8 Å². The molecule has 30 heavy (non-hydrogen) atoms. The predicted octanol–water partition coefficient (Wildman–Crippen LogP) is 4.00. The molecule has 2 heterocycles. The van der Waals surface area contributed by atoms with Crippen molar-refractivity contribution in [1.82, 2.24) is 19.9 Å². The van der Waals surface area contributed by atoms with Crippen LogP contribution in [-0.4, -0.2) is 39.7 Å². The van der Waals surface area contributed by atoms with Crippen LogP contribution in [0.25, 0.3) is 10.9 Å². The molecule has 0 aliphatic carbocycles. The number of aromatic nitrogens is 2. The lowest BCUT2D eigenvalue weighted by Crippen LogP contribution is -2.33. The van der Waals surface area contributed by atoms with Crippen molar-refractivity contribution < 1.29 is 14.1 Å². The highest BCUT2D eigenvalue weighted by atomic mass is 16.5. The molecule has 3 rings (SSSR count). The van der Waals surface area contributed by atoms with Gasteiger partial charge >= 0.3 is 6.03 Å². The summed E-state index contributed by atoms with van der Waals surface area (Å²) >= 11 is 0. The summed E-state index contributed by atoms with van der Waals surface area (Å²) in [5.41, 5.74) is 3.28. The van der Waals surface area contributed by atoms with Gasteiger partial charge in [-0.25, -0.2) is 4.79 Å². The molecule has 2 N–H and O–H groups in total. The summed E-state index contributed by atoms with van der Waals surface area (Å²) in [7, 11) is 0. The summed E-state index contributed by atoms with van der Waals surface area (Å²) in [6.07, 6.45) is 1.90. The Hall–Kier alpha value is -3.29. The fourth-order valence-corrected chi connectivity index (χ4v) is 3.78. The molecule has 3 aromatic rings. The zero-order valence-electron chi connectivity index (χ0n) is 18.2. The number of carbonyl (C=O) groups excluding carboxylic acids is 2. The maximum absolute atomic E-state index is 12.4. The Labute approximate surface area is 176 Å². The van der Waals surface area contributed by atoms with E-state index in [4.69, 9.17) is 4.52 Å². The molecule has 2 aromatic heterocycles. The lowest BCUT2D eigenvalue weighted by atomic mass is 10.1. The second kappa shape index (κ2) is 9.02. The Bertz CT molecular complexity index is 1030. The minimum atomic E-state index is -0.307. The van der Waals surface area contributed by atoms with Crippen molar-refractivity contribution in [2.45, 2.75) is 47.2 Å². The van der Waals surface area contributed by atoms with Crippen LogP contribution in [0.5, 0.6) is 0 Å². The van der Waals surface area contributed by atoms with Gasteiger partial charge in [-0.3, -0.25) is 4.79 Å². The molecule has 8 heteroatoms. The van der Waals surface area contributed by atoms with Gasteiger partial charge in [-0.2, -0.15) is 0 Å². The van der Waals surface area contributed by atoms with Crippen LogP contribution in [0.2, 0.25) is 0 Å². The van der Waals surface area contributed by atoms with E-state index in [1.165, 1.54) is 0 Å². The monoisotopic (exact) mass is 411 g/mol. The molecule has 1 atom stereocenters. The number of fused-ring (bicyclic) bond motifs is 1. The van der Waals surface area contributed by atoms with Crippen LogP contribution in [0.4, 0.5) is 10.5 Å². The number of likely N-dealkylation sites (N-methyl/N-ethyl adjacent to an activating group) is 1. The third-order valence-corrected chi connectivity index (χ3v) is 5.32. The molecule has 0 aliphatic heterocycles. The van der Waals surface area contributed by atoms with Crippen molar-refractivity contribution in [3.8, 4) is 0 Å². The van der Waals surface area contributed by atoms with Gasteiger partial charge in [0, 0.05) is 41.4 Å². The zero-order valence-corrected chi connectivity index (χ0v) is 18.2. The number of nitrogens with zero attached hydrogens (tertiary/aromatic N) is 3. The molecule has 0 radical (unpaired) electrons. The van der Waals surface area contributed by atoms with Crippen molar-refractivity contribution in [2.24, 2.45) is 0 Å². The number of hydrogen-bond acceptors (Lipinski definition) is 4. The first-order valence-corrected chi connectivity index (χ1v) is 10.2. The molecule has 160 valence electrons. The fourth-order valence-electron chi connectivity index (χ4n) is 3.78. The van der Waals surface area contributed by atoms with Crippen LogP contribution >= 0.6 is 0 Å². The Morgan fingerprint density at radius 1 is 1.20 bits per heavy atom. The second-order valence-electron chi connectivity index (χ2n) is 7.34. The SMILES string of the molecule is CCN(CC)C(=O)Cn1ccc2cc(NC(=O)NC(C)c3c(C)noc3C)ccc21. The summed E-state index contributed by atoms with van der Waals surface area (Å²) in [6.45, 7) is 11.2. The minimum absolute atomic E-state index is 0.0902. The van der Waals surface area contributed by atoms with Gasteiger partial charge in [-0.15, -0.1) is 0 Å². The quantitative estimate of drug-likeness (QED) is 0.615. The van der Waals surface area contributed by atoms with E-state index < -0.39 is 0 Å². The summed E-state index contributed by atoms with van der Waals surface area (Å²) < 4.78 is 7.10. The highest BCUT2D eigenvalue weighted by molar-refractivity contribution is 5.93. The third-order valence-electron chi connectivity index (χ3n) is 5.32. The fraction of sp³-hybridized carbons (Fsp3) is 0.409. The van der Waals surface area contributed by atoms with Crippen LogP contribution in [-0.2, 0) is 11.3 Å². The van der Waals surface area contributed by atoms with Gasteiger partial charge in [0.05, 0.1) is 11.7 Å². The first kappa shape index (κ1) is 21.4. The number of amides is 3. The Balaban J connectivity index is 1.68. The minimum Gasteiger partial charge on any atom is -0.361 e. The number of hydrogen-bond donors (Lipinski definition) is 2. The predicted molar refractivity (Wildman–Crippen MR) is 116 cm³/mol. The van der Waals surface area contributed by atoms with E-state index in [0.29, 0.717) is 31.1 Å². The van der Waals surface area contributed by atoms with E-state index in [1.54, 1.807) is 0 Å². The summed E-state index contributed by atoms with van der Waals surface area (Å²) in [5.74, 6) is 0.787. The van der Waals surface area contributed by atoms with Crippen molar-refractivity contribution in [2.75, 3.05) is 18.4 Å². The van der Waals surface area contributed by atoms with Gasteiger partial charge in [0.15, 0.2) is 0 Å². The van der Waals surface area contributed by atoms with Crippen molar-refractivity contribution in [3.05, 3.63) is 47.5 Å². The maximum atomic E-state index is 12.4. The van der Waals surface area contributed by atoms with Gasteiger partial charge in [0.25, 0.3) is 0 Å². The summed E-state index contributed by atoms with van der Waals surface area (Å²) in [4.78, 5) is 26.7. The van der Waals surface area contributed by atoms with Crippen molar-refractivity contribution in [3.63, 3.8) is 0 Å². The molecule has 0 saturated heterocycles. The molecule has 1 unspecified atom stereocenters. The first-order valence-electron chi connectivity index (χ1n) is 10.2. The largest absolute Gasteiger partial charge is 0.361 e. The van der Waals surface area contributed by atoms with E-state index in [9.17, 15) is 9.59 Å². The van der Waals surface area contributed by atoms with Gasteiger partial charge in [0.1, 0.15) is 12.3 Å². The van der Waals surface area contributed by atoms with Gasteiger partial charge in [-0.1, -0.05) is 5.16 Å². The van der Waals surface area contributed by atoms with Gasteiger partial charge in [0.2, 0.25) is 5.91 Å². The van der Waals surface area contributed by atoms with Gasteiger partial charge in [-0.05, 0) is 58.9 Å². The molecule has 0 spiro atoms. The van der Waals surface area contributed by atoms with Crippen LogP contribution in [0.15, 0.2) is 35.0 Å². The summed E-state index contributed by atoms with van der Waals surface area (Å²) in [6, 6.07) is 7.05. The van der Waals surface area contributed by atoms with Crippen molar-refractivity contribution >= 4 is 28.5 Å². The molecule has 0 bridgehead atoms. The molecular formula is C22H29N5O3. The standard InChI is InChI=1S/C22H29N5O3/c1-6-26(7-2)20(28)13-27-11-10-17-12-18(8-9-19(17)27)24-22(29)23-14(3)21-15(4)25-30-16(21)5/h8-12,14H,6-7,13H2,1-5H3,(H2,23,24,29). The van der Waals surface area contributed by atoms with Crippen LogP contribution in [0, 0.1) is 13.8 Å². The van der Waals surface area contributed by atoms with E-state index in [1.807, 2.05) is 74.5 Å². The molecule has 3 amide bonds. The molecule has 0 saturated carbocycles. The van der Waals surface area contributed by atoms with E-state index in [-0.39, 0.29) is 18.0 Å². The normalized spacial score (nSPS) is 12.0. The molecule has 1 aromatic carbocycles. The number of urea groups is 1.